The highest BCUT2D eigenvalue weighted by Gasteiger charge is 2.26. The summed E-state index contributed by atoms with van der Waals surface area (Å²) in [5.74, 6) is 0.662. The van der Waals surface area contributed by atoms with E-state index in [2.05, 4.69) is 14.7 Å². The summed E-state index contributed by atoms with van der Waals surface area (Å²) < 4.78 is 12.9. The largest absolute Gasteiger partial charge is 0.497 e. The van der Waals surface area contributed by atoms with Crippen LogP contribution >= 0.6 is 11.6 Å². The predicted octanol–water partition coefficient (Wildman–Crippen LogP) is 5.94. The molecule has 0 bridgehead atoms. The number of hydrogen-bond donors (Lipinski definition) is 0. The Morgan fingerprint density at radius 1 is 1.06 bits per heavy atom. The highest BCUT2D eigenvalue weighted by Crippen LogP contribution is 2.32. The summed E-state index contributed by atoms with van der Waals surface area (Å²) in [5, 5.41) is 5.46. The molecule has 0 N–H and O–H groups in total. The molecule has 3 aromatic carbocycles. The Morgan fingerprint density at radius 3 is 2.55 bits per heavy atom. The average molecular weight is 458 g/mol. The number of nitrogens with zero attached hydrogens (tertiary/aromatic N) is 3. The van der Waals surface area contributed by atoms with E-state index >= 15 is 0 Å². The number of carbonyl (C=O) groups is 1. The molecule has 0 saturated heterocycles. The summed E-state index contributed by atoms with van der Waals surface area (Å²) in [6.07, 6.45) is 0. The topological polar surface area (TPSA) is 70.2 Å². The van der Waals surface area contributed by atoms with E-state index in [1.165, 1.54) is 0 Å². The third-order valence-corrected chi connectivity index (χ3v) is 5.92. The van der Waals surface area contributed by atoms with Crippen LogP contribution in [0, 0.1) is 6.92 Å². The van der Waals surface area contributed by atoms with Crippen LogP contribution in [0.15, 0.2) is 77.3 Å². The van der Waals surface area contributed by atoms with Gasteiger partial charge in [0.25, 0.3) is 11.7 Å². The monoisotopic (exact) mass is 457 g/mol. The van der Waals surface area contributed by atoms with Gasteiger partial charge in [-0.2, -0.15) is 4.98 Å². The molecule has 6 nitrogen and oxygen atoms in total. The number of ketones is 1. The third-order valence-electron chi connectivity index (χ3n) is 5.66. The van der Waals surface area contributed by atoms with Crippen LogP contribution in [0.5, 0.6) is 5.75 Å². The third kappa shape index (κ3) is 3.90. The minimum Gasteiger partial charge on any atom is -0.497 e. The molecule has 2 aromatic heterocycles. The second kappa shape index (κ2) is 8.56. The molecule has 0 unspecified atom stereocenters. The van der Waals surface area contributed by atoms with Gasteiger partial charge in [0.05, 0.1) is 12.7 Å². The van der Waals surface area contributed by atoms with Gasteiger partial charge in [-0.05, 0) is 42.8 Å². The quantitative estimate of drug-likeness (QED) is 0.295. The van der Waals surface area contributed by atoms with Crippen LogP contribution in [-0.4, -0.2) is 27.6 Å². The molecule has 5 aromatic rings. The Hall–Kier alpha value is -3.90. The van der Waals surface area contributed by atoms with Crippen LogP contribution < -0.4 is 4.74 Å². The molecule has 0 atom stereocenters. The Balaban J connectivity index is 1.61. The lowest BCUT2D eigenvalue weighted by Crippen LogP contribution is -2.06. The molecule has 0 saturated carbocycles. The normalized spacial score (nSPS) is 11.1. The fraction of sp³-hybridized carbons (Fsp3) is 0.115. The Kier molecular flexibility index (Phi) is 5.44. The smallest absolute Gasteiger partial charge is 0.299 e. The van der Waals surface area contributed by atoms with Crippen molar-refractivity contribution in [1.29, 1.82) is 0 Å². The molecule has 0 spiro atoms. The maximum Gasteiger partial charge on any atom is 0.299 e. The number of hydrogen-bond acceptors (Lipinski definition) is 5. The number of fused-ring (bicyclic) bond motifs is 1. The predicted molar refractivity (Wildman–Crippen MR) is 127 cm³/mol. The molecule has 0 aliphatic carbocycles. The number of carbonyl (C=O) groups excluding carboxylic acids is 1. The van der Waals surface area contributed by atoms with E-state index < -0.39 is 0 Å². The van der Waals surface area contributed by atoms with Crippen LogP contribution in [-0.2, 0) is 6.54 Å². The lowest BCUT2D eigenvalue weighted by molar-refractivity contribution is 0.0994. The van der Waals surface area contributed by atoms with Crippen LogP contribution in [0.25, 0.3) is 22.3 Å². The molecule has 164 valence electrons. The van der Waals surface area contributed by atoms with Gasteiger partial charge >= 0.3 is 0 Å². The molecule has 5 rings (SSSR count). The maximum atomic E-state index is 13.6. The van der Waals surface area contributed by atoms with Gasteiger partial charge < -0.3 is 13.8 Å². The Morgan fingerprint density at radius 2 is 1.82 bits per heavy atom. The molecule has 2 heterocycles. The summed E-state index contributed by atoms with van der Waals surface area (Å²) in [4.78, 5) is 17.9. The molecular weight excluding hydrogens is 438 g/mol. The van der Waals surface area contributed by atoms with E-state index in [1.54, 1.807) is 7.11 Å². The van der Waals surface area contributed by atoms with Crippen molar-refractivity contribution in [3.05, 3.63) is 101 Å². The second-order valence-electron chi connectivity index (χ2n) is 7.67. The lowest BCUT2D eigenvalue weighted by atomic mass is 10.1. The van der Waals surface area contributed by atoms with Gasteiger partial charge in [-0.1, -0.05) is 59.2 Å². The number of methoxy groups -OCH3 is 1. The second-order valence-corrected chi connectivity index (χ2v) is 8.11. The van der Waals surface area contributed by atoms with Crippen molar-refractivity contribution in [3.63, 3.8) is 0 Å². The summed E-state index contributed by atoms with van der Waals surface area (Å²) in [7, 11) is 1.60. The van der Waals surface area contributed by atoms with E-state index in [9.17, 15) is 4.79 Å². The van der Waals surface area contributed by atoms with Gasteiger partial charge in [-0.15, -0.1) is 0 Å². The molecule has 33 heavy (non-hydrogen) atoms. The van der Waals surface area contributed by atoms with E-state index in [0.717, 1.165) is 27.7 Å². The first-order chi connectivity index (χ1) is 16.0. The molecule has 0 radical (unpaired) electrons. The van der Waals surface area contributed by atoms with Crippen molar-refractivity contribution in [2.75, 3.05) is 7.11 Å². The zero-order valence-corrected chi connectivity index (χ0v) is 18.8. The summed E-state index contributed by atoms with van der Waals surface area (Å²) in [5.41, 5.74) is 4.08. The molecule has 0 fully saturated rings. The van der Waals surface area contributed by atoms with Crippen molar-refractivity contribution >= 4 is 28.3 Å². The van der Waals surface area contributed by atoms with E-state index in [1.807, 2.05) is 79.7 Å². The van der Waals surface area contributed by atoms with Crippen molar-refractivity contribution in [1.82, 2.24) is 14.7 Å². The average Bonchev–Trinajstić information content (AvgIpc) is 3.44. The first-order valence-electron chi connectivity index (χ1n) is 10.4. The molecule has 0 aliphatic heterocycles. The molecule has 0 aliphatic rings. The fourth-order valence-electron chi connectivity index (χ4n) is 3.98. The maximum absolute atomic E-state index is 13.6. The minimum atomic E-state index is -0.324. The molecular formula is C26H20ClN3O3. The number of rotatable bonds is 6. The van der Waals surface area contributed by atoms with Crippen molar-refractivity contribution in [3.8, 4) is 17.1 Å². The van der Waals surface area contributed by atoms with Crippen LogP contribution in [0.1, 0.15) is 27.5 Å². The zero-order chi connectivity index (χ0) is 22.9. The Bertz CT molecular complexity index is 1450. The zero-order valence-electron chi connectivity index (χ0n) is 18.1. The molecule has 7 heteroatoms. The van der Waals surface area contributed by atoms with Crippen molar-refractivity contribution < 1.29 is 14.1 Å². The van der Waals surface area contributed by atoms with Gasteiger partial charge in [0.2, 0.25) is 5.82 Å². The van der Waals surface area contributed by atoms with E-state index in [0.29, 0.717) is 28.7 Å². The Labute approximate surface area is 195 Å². The van der Waals surface area contributed by atoms with Gasteiger partial charge in [0.15, 0.2) is 0 Å². The van der Waals surface area contributed by atoms with E-state index in [-0.39, 0.29) is 11.7 Å². The van der Waals surface area contributed by atoms with Crippen LogP contribution in [0.4, 0.5) is 0 Å². The fourth-order valence-corrected chi connectivity index (χ4v) is 4.10. The van der Waals surface area contributed by atoms with Gasteiger partial charge in [-0.3, -0.25) is 4.79 Å². The summed E-state index contributed by atoms with van der Waals surface area (Å²) in [6.45, 7) is 2.50. The minimum absolute atomic E-state index is 0.0506. The standard InChI is InChI=1S/C26H20ClN3O3/c1-16-23(24(31)26-28-25(29-33-26)18-6-4-3-5-7-18)21-14-20(32-2)12-13-22(21)30(16)15-17-8-10-19(27)11-9-17/h3-14H,15H2,1-2H3. The summed E-state index contributed by atoms with van der Waals surface area (Å²) >= 11 is 6.05. The SMILES string of the molecule is COc1ccc2c(c1)c(C(=O)c1nc(-c3ccccc3)no1)c(C)n2Cc1ccc(Cl)cc1. The highest BCUT2D eigenvalue weighted by molar-refractivity contribution is 6.30. The summed E-state index contributed by atoms with van der Waals surface area (Å²) in [6, 6.07) is 22.8. The number of halogens is 1. The van der Waals surface area contributed by atoms with Gasteiger partial charge in [0.1, 0.15) is 5.75 Å². The lowest BCUT2D eigenvalue weighted by Gasteiger charge is -2.09. The van der Waals surface area contributed by atoms with Crippen molar-refractivity contribution in [2.45, 2.75) is 13.5 Å². The first-order valence-corrected chi connectivity index (χ1v) is 10.8. The van der Waals surface area contributed by atoms with E-state index in [4.69, 9.17) is 20.9 Å². The van der Waals surface area contributed by atoms with Crippen LogP contribution in [0.3, 0.4) is 0 Å². The van der Waals surface area contributed by atoms with Gasteiger partial charge in [0, 0.05) is 33.7 Å². The number of ether oxygens (including phenoxy) is 1. The van der Waals surface area contributed by atoms with Crippen molar-refractivity contribution in [2.24, 2.45) is 0 Å². The highest BCUT2D eigenvalue weighted by atomic mass is 35.5. The number of benzene rings is 3. The van der Waals surface area contributed by atoms with Gasteiger partial charge in [-0.25, -0.2) is 0 Å². The molecule has 0 amide bonds. The van der Waals surface area contributed by atoms with Crippen LogP contribution in [0.2, 0.25) is 5.02 Å². The first kappa shape index (κ1) is 21.0. The number of aromatic nitrogens is 3.